The maximum absolute atomic E-state index is 7.17. The van der Waals surface area contributed by atoms with Gasteiger partial charge in [0.15, 0.2) is 0 Å². The molecule has 10 heavy (non-hydrogen) atoms. The third-order valence-electron chi connectivity index (χ3n) is 1.08. The van der Waals surface area contributed by atoms with Gasteiger partial charge in [0.05, 0.1) is 0 Å². The number of hydrogen-bond donors (Lipinski definition) is 0. The van der Waals surface area contributed by atoms with Gasteiger partial charge < -0.3 is 0 Å². The van der Waals surface area contributed by atoms with Crippen molar-refractivity contribution in [2.24, 2.45) is 0 Å². The number of nitrogens with zero attached hydrogens (tertiary/aromatic N) is 3. The minimum atomic E-state index is -0.228. The van der Waals surface area contributed by atoms with Gasteiger partial charge >= 0.3 is 0 Å². The van der Waals surface area contributed by atoms with E-state index in [-0.39, 0.29) is 18.0 Å². The highest BCUT2D eigenvalue weighted by molar-refractivity contribution is 4.97. The Kier molecular flexibility index (Phi) is 1.11. The first-order valence-electron chi connectivity index (χ1n) is 4.09. The number of aromatic nitrogens is 3. The minimum Gasteiger partial charge on any atom is -0.225 e. The van der Waals surface area contributed by atoms with Gasteiger partial charge in [-0.2, -0.15) is 0 Å². The van der Waals surface area contributed by atoms with Crippen molar-refractivity contribution in [2.45, 2.75) is 26.2 Å². The predicted molar refractivity (Wildman–Crippen MR) is 38.5 cm³/mol. The summed E-state index contributed by atoms with van der Waals surface area (Å²) in [5, 5.41) is 0. The van der Waals surface area contributed by atoms with Crippen LogP contribution in [0.5, 0.6) is 0 Å². The molecule has 54 valence electrons. The molecule has 0 aromatic carbocycles. The maximum Gasteiger partial charge on any atom is 0.137 e. The van der Waals surface area contributed by atoms with Crippen molar-refractivity contribution in [1.82, 2.24) is 15.0 Å². The van der Waals surface area contributed by atoms with E-state index in [1.807, 2.05) is 20.8 Å². The largest absolute Gasteiger partial charge is 0.225 e. The zero-order chi connectivity index (χ0) is 9.35. The molecule has 0 aliphatic heterocycles. The van der Waals surface area contributed by atoms with Gasteiger partial charge in [-0.1, -0.05) is 20.8 Å². The molecular weight excluding hydrogens is 126 g/mol. The van der Waals surface area contributed by atoms with E-state index in [1.54, 1.807) is 0 Å². The summed E-state index contributed by atoms with van der Waals surface area (Å²) in [5.41, 5.74) is -0.228. The summed E-state index contributed by atoms with van der Waals surface area (Å²) in [7, 11) is 0. The average molecular weight is 141 g/mol. The molecule has 0 unspecified atom stereocenters. The van der Waals surface area contributed by atoms with Crippen molar-refractivity contribution < 1.29 is 2.74 Å². The van der Waals surface area contributed by atoms with Crippen LogP contribution in [0.3, 0.4) is 0 Å². The first kappa shape index (κ1) is 4.77. The molecule has 0 spiro atoms. The molecule has 0 aliphatic rings. The Labute approximate surface area is 63.4 Å². The van der Waals surface area contributed by atoms with E-state index in [0.717, 1.165) is 0 Å². The van der Waals surface area contributed by atoms with E-state index in [2.05, 4.69) is 15.0 Å². The molecule has 3 nitrogen and oxygen atoms in total. The number of hydrogen-bond acceptors (Lipinski definition) is 3. The SMILES string of the molecule is [3H]c1nc([3H])nc(C(C)(C)C)n1. The lowest BCUT2D eigenvalue weighted by Crippen LogP contribution is -2.15. The number of rotatable bonds is 0. The molecule has 0 radical (unpaired) electrons. The summed E-state index contributed by atoms with van der Waals surface area (Å²) >= 11 is 0. The zero-order valence-corrected chi connectivity index (χ0v) is 6.34. The second-order valence-corrected chi connectivity index (χ2v) is 3.11. The summed E-state index contributed by atoms with van der Waals surface area (Å²) in [4.78, 5) is 11.1. The van der Waals surface area contributed by atoms with Gasteiger partial charge in [0.25, 0.3) is 0 Å². The monoisotopic (exact) mass is 141 g/mol. The fraction of sp³-hybridized carbons (Fsp3) is 0.571. The summed E-state index contributed by atoms with van der Waals surface area (Å²) in [6, 6.07) is 0. The third-order valence-corrected chi connectivity index (χ3v) is 1.08. The second-order valence-electron chi connectivity index (χ2n) is 3.11. The molecule has 1 rings (SSSR count). The van der Waals surface area contributed by atoms with Crippen LogP contribution >= 0.6 is 0 Å². The molecule has 0 saturated heterocycles. The van der Waals surface area contributed by atoms with Crippen LogP contribution in [0, 0.1) is 0 Å². The fourth-order valence-corrected chi connectivity index (χ4v) is 0.527. The minimum absolute atomic E-state index is 0.139. The summed E-state index contributed by atoms with van der Waals surface area (Å²) in [5.74, 6) is 0.493. The van der Waals surface area contributed by atoms with Crippen LogP contribution in [0.4, 0.5) is 0 Å². The quantitative estimate of drug-likeness (QED) is 0.544. The Hall–Kier alpha value is -0.990. The highest BCUT2D eigenvalue weighted by atomic mass is 15.0. The molecule has 0 fully saturated rings. The normalized spacial score (nSPS) is 14.3. The summed E-state index contributed by atoms with van der Waals surface area (Å²) < 4.78 is 14.3. The van der Waals surface area contributed by atoms with E-state index in [9.17, 15) is 0 Å². The Balaban J connectivity index is 3.18. The van der Waals surface area contributed by atoms with Gasteiger partial charge in [0, 0.05) is 5.41 Å². The van der Waals surface area contributed by atoms with Crippen LogP contribution in [-0.2, 0) is 5.41 Å². The second kappa shape index (κ2) is 2.33. The smallest absolute Gasteiger partial charge is 0.137 e. The lowest BCUT2D eigenvalue weighted by molar-refractivity contribution is 0.541. The van der Waals surface area contributed by atoms with Crippen molar-refractivity contribution in [2.75, 3.05) is 0 Å². The molecule has 0 N–H and O–H groups in total. The van der Waals surface area contributed by atoms with E-state index >= 15 is 0 Å². The van der Waals surface area contributed by atoms with Gasteiger partial charge in [-0.3, -0.25) is 0 Å². The van der Waals surface area contributed by atoms with Crippen LogP contribution in [0.15, 0.2) is 12.6 Å². The van der Waals surface area contributed by atoms with E-state index in [1.165, 1.54) is 0 Å². The Morgan fingerprint density at radius 1 is 1.30 bits per heavy atom. The third kappa shape index (κ3) is 1.50. The Bertz CT molecular complexity index is 273. The van der Waals surface area contributed by atoms with E-state index in [4.69, 9.17) is 2.74 Å². The topological polar surface area (TPSA) is 38.7 Å². The molecular formula is C7H11N3. The first-order chi connectivity index (χ1) is 5.39. The molecule has 1 aromatic heterocycles. The van der Waals surface area contributed by atoms with Gasteiger partial charge in [0.1, 0.15) is 21.2 Å². The van der Waals surface area contributed by atoms with Crippen molar-refractivity contribution in [3.05, 3.63) is 18.4 Å². The van der Waals surface area contributed by atoms with Crippen LogP contribution < -0.4 is 0 Å². The van der Waals surface area contributed by atoms with Crippen LogP contribution in [-0.4, -0.2) is 15.0 Å². The van der Waals surface area contributed by atoms with Crippen LogP contribution in [0.25, 0.3) is 0 Å². The van der Waals surface area contributed by atoms with Crippen molar-refractivity contribution >= 4 is 0 Å². The summed E-state index contributed by atoms with van der Waals surface area (Å²) in [6.45, 7) is 5.80. The zero-order valence-electron chi connectivity index (χ0n) is 8.34. The van der Waals surface area contributed by atoms with Gasteiger partial charge in [-0.15, -0.1) is 0 Å². The average Bonchev–Trinajstić information content (AvgIpc) is 1.82. The molecule has 0 aliphatic carbocycles. The molecule has 3 heteroatoms. The molecule has 0 bridgehead atoms. The standard InChI is InChI=1S/C7H11N3/c1-7(2,3)6-9-4-8-5-10-6/h4-5H,1-3H3/i4T,5T. The lowest BCUT2D eigenvalue weighted by Gasteiger charge is -2.14. The summed E-state index contributed by atoms with van der Waals surface area (Å²) in [6.07, 6.45) is -0.278. The molecule has 1 heterocycles. The maximum atomic E-state index is 7.17. The van der Waals surface area contributed by atoms with E-state index < -0.39 is 0 Å². The molecule has 1 aromatic rings. The van der Waals surface area contributed by atoms with Gasteiger partial charge in [0.2, 0.25) is 0 Å². The molecule has 0 saturated carbocycles. The Morgan fingerprint density at radius 3 is 2.20 bits per heavy atom. The fourth-order valence-electron chi connectivity index (χ4n) is 0.527. The highest BCUT2D eigenvalue weighted by Gasteiger charge is 2.15. The molecule has 0 amide bonds. The predicted octanol–water partition coefficient (Wildman–Crippen LogP) is 1.17. The van der Waals surface area contributed by atoms with Crippen molar-refractivity contribution in [3.8, 4) is 0 Å². The molecule has 0 atom stereocenters. The van der Waals surface area contributed by atoms with Gasteiger partial charge in [-0.05, 0) is 0 Å². The van der Waals surface area contributed by atoms with E-state index in [0.29, 0.717) is 5.82 Å². The van der Waals surface area contributed by atoms with Crippen molar-refractivity contribution in [3.63, 3.8) is 0 Å². The Morgan fingerprint density at radius 2 is 1.80 bits per heavy atom. The highest BCUT2D eigenvalue weighted by Crippen LogP contribution is 2.15. The lowest BCUT2D eigenvalue weighted by atomic mass is 9.96. The van der Waals surface area contributed by atoms with Gasteiger partial charge in [-0.25, -0.2) is 15.0 Å². The van der Waals surface area contributed by atoms with Crippen LogP contribution in [0.1, 0.15) is 29.3 Å². The van der Waals surface area contributed by atoms with Crippen LogP contribution in [0.2, 0.25) is 0 Å². The van der Waals surface area contributed by atoms with Crippen molar-refractivity contribution in [1.29, 1.82) is 0 Å². The first-order valence-corrected chi connectivity index (χ1v) is 3.09.